The van der Waals surface area contributed by atoms with E-state index in [-0.39, 0.29) is 30.4 Å². The van der Waals surface area contributed by atoms with Crippen molar-refractivity contribution < 1.29 is 19.1 Å². The van der Waals surface area contributed by atoms with E-state index < -0.39 is 0 Å². The Bertz CT molecular complexity index is 698. The van der Waals surface area contributed by atoms with Gasteiger partial charge in [0.2, 0.25) is 0 Å². The van der Waals surface area contributed by atoms with Crippen molar-refractivity contribution in [3.63, 3.8) is 0 Å². The van der Waals surface area contributed by atoms with Gasteiger partial charge in [-0.15, -0.1) is 0 Å². The zero-order chi connectivity index (χ0) is 18.5. The van der Waals surface area contributed by atoms with Crippen LogP contribution in [0, 0.1) is 0 Å². The second-order valence-corrected chi connectivity index (χ2v) is 6.62. The number of rotatable bonds is 8. The highest BCUT2D eigenvalue weighted by atomic mass is 16.5. The Morgan fingerprint density at radius 3 is 2.73 bits per heavy atom. The Labute approximate surface area is 153 Å². The summed E-state index contributed by atoms with van der Waals surface area (Å²) in [4.78, 5) is 38.6. The Hall–Kier alpha value is -2.25. The lowest BCUT2D eigenvalue weighted by Gasteiger charge is -2.17. The van der Waals surface area contributed by atoms with Crippen molar-refractivity contribution in [3.05, 3.63) is 34.9 Å². The van der Waals surface area contributed by atoms with Crippen LogP contribution in [0.15, 0.2) is 18.2 Å². The summed E-state index contributed by atoms with van der Waals surface area (Å²) in [6.45, 7) is 5.13. The molecule has 1 fully saturated rings. The highest BCUT2D eigenvalue weighted by molar-refractivity contribution is 6.22. The van der Waals surface area contributed by atoms with Crippen molar-refractivity contribution >= 4 is 17.7 Å². The molecule has 1 saturated heterocycles. The van der Waals surface area contributed by atoms with Crippen molar-refractivity contribution in [2.24, 2.45) is 0 Å². The first kappa shape index (κ1) is 18.5. The maximum absolute atomic E-state index is 12.6. The SMILES string of the molecule is CCCNCCNC(=O)c1ccc2c(c1)C(=O)N(CC1CCCO1)C2=O. The van der Waals surface area contributed by atoms with Crippen LogP contribution in [0.3, 0.4) is 0 Å². The number of hydrogen-bond acceptors (Lipinski definition) is 5. The molecule has 2 N–H and O–H groups in total. The molecule has 2 aliphatic rings. The number of fused-ring (bicyclic) bond motifs is 1. The van der Waals surface area contributed by atoms with Gasteiger partial charge in [0.25, 0.3) is 17.7 Å². The van der Waals surface area contributed by atoms with Crippen LogP contribution >= 0.6 is 0 Å². The van der Waals surface area contributed by atoms with Gasteiger partial charge in [0.15, 0.2) is 0 Å². The van der Waals surface area contributed by atoms with Crippen LogP contribution in [0.1, 0.15) is 57.3 Å². The van der Waals surface area contributed by atoms with Crippen LogP contribution in [-0.4, -0.2) is 61.5 Å². The third kappa shape index (κ3) is 3.94. The molecule has 7 heteroatoms. The molecule has 2 heterocycles. The van der Waals surface area contributed by atoms with Gasteiger partial charge in [0, 0.05) is 25.3 Å². The lowest BCUT2D eigenvalue weighted by molar-refractivity contribution is 0.0475. The Balaban J connectivity index is 1.64. The van der Waals surface area contributed by atoms with E-state index in [4.69, 9.17) is 4.74 Å². The minimum absolute atomic E-state index is 0.0874. The van der Waals surface area contributed by atoms with E-state index in [1.807, 2.05) is 0 Å². The van der Waals surface area contributed by atoms with E-state index in [0.717, 1.165) is 25.8 Å². The fourth-order valence-electron chi connectivity index (χ4n) is 3.26. The lowest BCUT2D eigenvalue weighted by atomic mass is 10.1. The van der Waals surface area contributed by atoms with Crippen LogP contribution in [0.2, 0.25) is 0 Å². The second kappa shape index (κ2) is 8.42. The van der Waals surface area contributed by atoms with Crippen molar-refractivity contribution in [1.29, 1.82) is 0 Å². The standard InChI is InChI=1S/C19H25N3O4/c1-2-7-20-8-9-21-17(23)13-5-6-15-16(11-13)19(25)22(18(15)24)12-14-4-3-10-26-14/h5-6,11,14,20H,2-4,7-10,12H2,1H3,(H,21,23). The van der Waals surface area contributed by atoms with Crippen LogP contribution in [0.4, 0.5) is 0 Å². The molecule has 0 radical (unpaired) electrons. The summed E-state index contributed by atoms with van der Waals surface area (Å²) in [7, 11) is 0. The lowest BCUT2D eigenvalue weighted by Crippen LogP contribution is -2.36. The molecule has 0 spiro atoms. The number of carbonyl (C=O) groups excluding carboxylic acids is 3. The number of benzene rings is 1. The predicted molar refractivity (Wildman–Crippen MR) is 96.3 cm³/mol. The first-order valence-electron chi connectivity index (χ1n) is 9.22. The molecule has 1 aromatic carbocycles. The molecular weight excluding hydrogens is 334 g/mol. The monoisotopic (exact) mass is 359 g/mol. The molecular formula is C19H25N3O4. The Morgan fingerprint density at radius 2 is 2.00 bits per heavy atom. The number of hydrogen-bond donors (Lipinski definition) is 2. The van der Waals surface area contributed by atoms with E-state index in [0.29, 0.717) is 36.4 Å². The summed E-state index contributed by atoms with van der Waals surface area (Å²) in [5.74, 6) is -0.903. The maximum Gasteiger partial charge on any atom is 0.261 e. The summed E-state index contributed by atoms with van der Waals surface area (Å²) in [5.41, 5.74) is 1.04. The molecule has 1 atom stereocenters. The van der Waals surface area contributed by atoms with Crippen LogP contribution in [-0.2, 0) is 4.74 Å². The summed E-state index contributed by atoms with van der Waals surface area (Å²) < 4.78 is 5.53. The summed E-state index contributed by atoms with van der Waals surface area (Å²) in [6.07, 6.45) is 2.76. The van der Waals surface area contributed by atoms with Gasteiger partial charge in [-0.1, -0.05) is 6.92 Å². The first-order valence-corrected chi connectivity index (χ1v) is 9.22. The summed E-state index contributed by atoms with van der Waals surface area (Å²) >= 11 is 0. The molecule has 1 aromatic rings. The summed E-state index contributed by atoms with van der Waals surface area (Å²) in [6, 6.07) is 4.67. The minimum atomic E-state index is -0.347. The largest absolute Gasteiger partial charge is 0.376 e. The third-order valence-corrected chi connectivity index (χ3v) is 4.66. The highest BCUT2D eigenvalue weighted by Gasteiger charge is 2.37. The molecule has 7 nitrogen and oxygen atoms in total. The zero-order valence-electron chi connectivity index (χ0n) is 15.0. The van der Waals surface area contributed by atoms with E-state index in [9.17, 15) is 14.4 Å². The third-order valence-electron chi connectivity index (χ3n) is 4.66. The van der Waals surface area contributed by atoms with E-state index >= 15 is 0 Å². The van der Waals surface area contributed by atoms with E-state index in [1.54, 1.807) is 12.1 Å². The molecule has 3 amide bonds. The quantitative estimate of drug-likeness (QED) is 0.538. The van der Waals surface area contributed by atoms with Gasteiger partial charge in [-0.3, -0.25) is 19.3 Å². The molecule has 1 unspecified atom stereocenters. The number of imide groups is 1. The number of nitrogens with one attached hydrogen (secondary N) is 2. The van der Waals surface area contributed by atoms with Gasteiger partial charge in [-0.05, 0) is 44.0 Å². The smallest absolute Gasteiger partial charge is 0.261 e. The molecule has 140 valence electrons. The number of carbonyl (C=O) groups is 3. The minimum Gasteiger partial charge on any atom is -0.376 e. The number of nitrogens with zero attached hydrogens (tertiary/aromatic N) is 1. The molecule has 2 aliphatic heterocycles. The molecule has 0 aliphatic carbocycles. The van der Waals surface area contributed by atoms with Crippen molar-refractivity contribution in [2.45, 2.75) is 32.3 Å². The second-order valence-electron chi connectivity index (χ2n) is 6.62. The summed E-state index contributed by atoms with van der Waals surface area (Å²) in [5, 5.41) is 6.02. The highest BCUT2D eigenvalue weighted by Crippen LogP contribution is 2.26. The average molecular weight is 359 g/mol. The molecule has 0 saturated carbocycles. The molecule has 0 bridgehead atoms. The fourth-order valence-corrected chi connectivity index (χ4v) is 3.26. The van der Waals surface area contributed by atoms with E-state index in [1.165, 1.54) is 11.0 Å². The van der Waals surface area contributed by atoms with Gasteiger partial charge < -0.3 is 15.4 Å². The fraction of sp³-hybridized carbons (Fsp3) is 0.526. The van der Waals surface area contributed by atoms with Crippen LogP contribution < -0.4 is 10.6 Å². The van der Waals surface area contributed by atoms with Crippen LogP contribution in [0.5, 0.6) is 0 Å². The average Bonchev–Trinajstić information content (AvgIpc) is 3.24. The van der Waals surface area contributed by atoms with Gasteiger partial charge in [-0.2, -0.15) is 0 Å². The first-order chi connectivity index (χ1) is 12.6. The van der Waals surface area contributed by atoms with Crippen molar-refractivity contribution in [2.75, 3.05) is 32.8 Å². The maximum atomic E-state index is 12.6. The van der Waals surface area contributed by atoms with Gasteiger partial charge >= 0.3 is 0 Å². The van der Waals surface area contributed by atoms with Crippen LogP contribution in [0.25, 0.3) is 0 Å². The molecule has 26 heavy (non-hydrogen) atoms. The predicted octanol–water partition coefficient (Wildman–Crippen LogP) is 1.19. The van der Waals surface area contributed by atoms with E-state index in [2.05, 4.69) is 17.6 Å². The van der Waals surface area contributed by atoms with Gasteiger partial charge in [-0.25, -0.2) is 0 Å². The Kier molecular flexibility index (Phi) is 6.00. The number of ether oxygens (including phenoxy) is 1. The zero-order valence-corrected chi connectivity index (χ0v) is 15.0. The Morgan fingerprint density at radius 1 is 1.19 bits per heavy atom. The molecule has 3 rings (SSSR count). The topological polar surface area (TPSA) is 87.7 Å². The molecule has 0 aromatic heterocycles. The van der Waals surface area contributed by atoms with Gasteiger partial charge in [0.05, 0.1) is 23.8 Å². The normalized spacial score (nSPS) is 19.1. The van der Waals surface area contributed by atoms with Crippen molar-refractivity contribution in [3.8, 4) is 0 Å². The van der Waals surface area contributed by atoms with Gasteiger partial charge in [0.1, 0.15) is 0 Å². The van der Waals surface area contributed by atoms with Crippen molar-refractivity contribution in [1.82, 2.24) is 15.5 Å². The number of amides is 3.